The van der Waals surface area contributed by atoms with E-state index in [9.17, 15) is 0 Å². The first-order valence-corrected chi connectivity index (χ1v) is 6.61. The van der Waals surface area contributed by atoms with Crippen molar-refractivity contribution in [2.75, 3.05) is 12.4 Å². The Labute approximate surface area is 118 Å². The number of fused-ring (bicyclic) bond motifs is 1. The second-order valence-electron chi connectivity index (χ2n) is 4.07. The molecule has 0 aliphatic heterocycles. The van der Waals surface area contributed by atoms with Gasteiger partial charge >= 0.3 is 0 Å². The van der Waals surface area contributed by atoms with Gasteiger partial charge in [0, 0.05) is 10.5 Å². The van der Waals surface area contributed by atoms with Gasteiger partial charge in [0.2, 0.25) is 5.95 Å². The number of nitrogens with one attached hydrogen (secondary N) is 2. The van der Waals surface area contributed by atoms with Crippen LogP contribution in [0.15, 0.2) is 46.9 Å². The molecule has 19 heavy (non-hydrogen) atoms. The van der Waals surface area contributed by atoms with Crippen molar-refractivity contribution in [3.05, 3.63) is 46.9 Å². The summed E-state index contributed by atoms with van der Waals surface area (Å²) < 4.78 is 6.19. The van der Waals surface area contributed by atoms with E-state index >= 15 is 0 Å². The van der Waals surface area contributed by atoms with Crippen molar-refractivity contribution in [3.8, 4) is 5.75 Å². The average molecular weight is 318 g/mol. The molecule has 0 atom stereocenters. The van der Waals surface area contributed by atoms with Crippen LogP contribution < -0.4 is 10.1 Å². The van der Waals surface area contributed by atoms with E-state index in [0.29, 0.717) is 5.95 Å². The monoisotopic (exact) mass is 317 g/mol. The Morgan fingerprint density at radius 2 is 2.05 bits per heavy atom. The second-order valence-corrected chi connectivity index (χ2v) is 4.93. The van der Waals surface area contributed by atoms with E-state index in [0.717, 1.165) is 26.9 Å². The summed E-state index contributed by atoms with van der Waals surface area (Å²) >= 11 is 3.50. The molecule has 0 amide bonds. The minimum Gasteiger partial charge on any atom is -0.497 e. The number of hydrogen-bond acceptors (Lipinski definition) is 3. The van der Waals surface area contributed by atoms with E-state index in [4.69, 9.17) is 4.74 Å². The fourth-order valence-electron chi connectivity index (χ4n) is 1.87. The standard InChI is InChI=1S/C14H12BrN3O/c1-19-9-6-7-12-13(8-9)18-14(17-12)16-11-5-3-2-4-10(11)15/h2-8H,1H3,(H2,16,17,18). The smallest absolute Gasteiger partial charge is 0.205 e. The van der Waals surface area contributed by atoms with Gasteiger partial charge in [0.15, 0.2) is 0 Å². The number of benzene rings is 2. The molecule has 2 N–H and O–H groups in total. The molecule has 1 aromatic heterocycles. The van der Waals surface area contributed by atoms with Crippen LogP contribution in [0.2, 0.25) is 0 Å². The van der Waals surface area contributed by atoms with Crippen LogP contribution in [0.1, 0.15) is 0 Å². The topological polar surface area (TPSA) is 49.9 Å². The number of hydrogen-bond donors (Lipinski definition) is 2. The first-order chi connectivity index (χ1) is 9.26. The number of rotatable bonds is 3. The van der Waals surface area contributed by atoms with Gasteiger partial charge in [-0.2, -0.15) is 0 Å². The number of imidazole rings is 1. The van der Waals surface area contributed by atoms with Gasteiger partial charge in [-0.05, 0) is 40.2 Å². The predicted molar refractivity (Wildman–Crippen MR) is 80.1 cm³/mol. The van der Waals surface area contributed by atoms with Crippen molar-refractivity contribution in [3.63, 3.8) is 0 Å². The lowest BCUT2D eigenvalue weighted by molar-refractivity contribution is 0.415. The summed E-state index contributed by atoms with van der Waals surface area (Å²) in [6.07, 6.45) is 0. The zero-order chi connectivity index (χ0) is 13.2. The Morgan fingerprint density at radius 1 is 1.21 bits per heavy atom. The van der Waals surface area contributed by atoms with Crippen LogP contribution in [0, 0.1) is 0 Å². The molecule has 5 heteroatoms. The van der Waals surface area contributed by atoms with Gasteiger partial charge in [-0.25, -0.2) is 4.98 Å². The fraction of sp³-hybridized carbons (Fsp3) is 0.0714. The maximum atomic E-state index is 5.19. The molecule has 3 aromatic rings. The van der Waals surface area contributed by atoms with E-state index in [2.05, 4.69) is 31.2 Å². The zero-order valence-electron chi connectivity index (χ0n) is 10.3. The fourth-order valence-corrected chi connectivity index (χ4v) is 2.25. The lowest BCUT2D eigenvalue weighted by Gasteiger charge is -2.04. The zero-order valence-corrected chi connectivity index (χ0v) is 11.9. The van der Waals surface area contributed by atoms with Gasteiger partial charge in [-0.3, -0.25) is 0 Å². The lowest BCUT2D eigenvalue weighted by atomic mass is 10.3. The van der Waals surface area contributed by atoms with Gasteiger partial charge in [-0.1, -0.05) is 12.1 Å². The molecule has 0 radical (unpaired) electrons. The van der Waals surface area contributed by atoms with Crippen LogP contribution >= 0.6 is 15.9 Å². The number of nitrogens with zero attached hydrogens (tertiary/aromatic N) is 1. The Bertz CT molecular complexity index is 724. The van der Waals surface area contributed by atoms with Crippen LogP contribution in [0.3, 0.4) is 0 Å². The highest BCUT2D eigenvalue weighted by Gasteiger charge is 2.05. The normalized spacial score (nSPS) is 10.6. The molecule has 0 aliphatic rings. The van der Waals surface area contributed by atoms with Gasteiger partial charge in [0.1, 0.15) is 5.75 Å². The molecule has 0 bridgehead atoms. The molecule has 0 aliphatic carbocycles. The number of para-hydroxylation sites is 1. The number of aromatic nitrogens is 2. The maximum absolute atomic E-state index is 5.19. The van der Waals surface area contributed by atoms with E-state index in [1.807, 2.05) is 42.5 Å². The van der Waals surface area contributed by atoms with Crippen LogP contribution in [0.5, 0.6) is 5.75 Å². The van der Waals surface area contributed by atoms with Crippen LogP contribution in [0.4, 0.5) is 11.6 Å². The Morgan fingerprint density at radius 3 is 2.84 bits per heavy atom. The minimum atomic E-state index is 0.704. The summed E-state index contributed by atoms with van der Waals surface area (Å²) in [7, 11) is 1.65. The van der Waals surface area contributed by atoms with Crippen molar-refractivity contribution >= 4 is 38.6 Å². The highest BCUT2D eigenvalue weighted by atomic mass is 79.9. The van der Waals surface area contributed by atoms with Gasteiger partial charge in [0.25, 0.3) is 0 Å². The number of aromatic amines is 1. The van der Waals surface area contributed by atoms with Crippen LogP contribution in [-0.4, -0.2) is 17.1 Å². The second kappa shape index (κ2) is 4.93. The third-order valence-electron chi connectivity index (χ3n) is 2.82. The SMILES string of the molecule is COc1ccc2nc(Nc3ccccc3Br)[nH]c2c1. The van der Waals surface area contributed by atoms with E-state index in [-0.39, 0.29) is 0 Å². The quantitative estimate of drug-likeness (QED) is 0.765. The first-order valence-electron chi connectivity index (χ1n) is 5.81. The average Bonchev–Trinajstić information content (AvgIpc) is 2.82. The van der Waals surface area contributed by atoms with Crippen LogP contribution in [0.25, 0.3) is 11.0 Å². The lowest BCUT2D eigenvalue weighted by Crippen LogP contribution is -1.92. The molecule has 3 rings (SSSR count). The Hall–Kier alpha value is -2.01. The molecule has 2 aromatic carbocycles. The number of ether oxygens (including phenoxy) is 1. The van der Waals surface area contributed by atoms with E-state index in [1.54, 1.807) is 7.11 Å². The summed E-state index contributed by atoms with van der Waals surface area (Å²) in [5, 5.41) is 3.24. The van der Waals surface area contributed by atoms with Crippen LogP contribution in [-0.2, 0) is 0 Å². The van der Waals surface area contributed by atoms with E-state index < -0.39 is 0 Å². The predicted octanol–water partition coefficient (Wildman–Crippen LogP) is 4.08. The summed E-state index contributed by atoms with van der Waals surface area (Å²) in [5.74, 6) is 1.51. The highest BCUT2D eigenvalue weighted by Crippen LogP contribution is 2.26. The number of H-pyrrole nitrogens is 1. The number of methoxy groups -OCH3 is 1. The minimum absolute atomic E-state index is 0.704. The molecule has 0 fully saturated rings. The summed E-state index contributed by atoms with van der Waals surface area (Å²) in [6, 6.07) is 13.7. The van der Waals surface area contributed by atoms with Gasteiger partial charge < -0.3 is 15.0 Å². The van der Waals surface area contributed by atoms with E-state index in [1.165, 1.54) is 0 Å². The molecule has 0 unspecified atom stereocenters. The molecule has 0 saturated heterocycles. The summed E-state index contributed by atoms with van der Waals surface area (Å²) in [4.78, 5) is 7.70. The van der Waals surface area contributed by atoms with Gasteiger partial charge in [-0.15, -0.1) is 0 Å². The first kappa shape index (κ1) is 12.0. The largest absolute Gasteiger partial charge is 0.497 e. The maximum Gasteiger partial charge on any atom is 0.205 e. The van der Waals surface area contributed by atoms with Gasteiger partial charge in [0.05, 0.1) is 23.8 Å². The molecular weight excluding hydrogens is 306 g/mol. The van der Waals surface area contributed by atoms with Crippen molar-refractivity contribution in [2.24, 2.45) is 0 Å². The molecular formula is C14H12BrN3O. The van der Waals surface area contributed by atoms with Crippen molar-refractivity contribution in [2.45, 2.75) is 0 Å². The molecule has 96 valence electrons. The highest BCUT2D eigenvalue weighted by molar-refractivity contribution is 9.10. The van der Waals surface area contributed by atoms with Crippen molar-refractivity contribution < 1.29 is 4.74 Å². The molecule has 4 nitrogen and oxygen atoms in total. The summed E-state index contributed by atoms with van der Waals surface area (Å²) in [5.41, 5.74) is 2.80. The van der Waals surface area contributed by atoms with Crippen molar-refractivity contribution in [1.29, 1.82) is 0 Å². The molecule has 0 saturated carbocycles. The Balaban J connectivity index is 1.95. The number of halogens is 1. The Kier molecular flexibility index (Phi) is 3.13. The third kappa shape index (κ3) is 2.42. The molecule has 1 heterocycles. The van der Waals surface area contributed by atoms with Crippen molar-refractivity contribution in [1.82, 2.24) is 9.97 Å². The summed E-state index contributed by atoms with van der Waals surface area (Å²) in [6.45, 7) is 0. The molecule has 0 spiro atoms. The number of anilines is 2. The third-order valence-corrected chi connectivity index (χ3v) is 3.51.